The summed E-state index contributed by atoms with van der Waals surface area (Å²) in [6, 6.07) is -20.1. The van der Waals surface area contributed by atoms with Crippen LogP contribution in [0.1, 0.15) is 168 Å². The van der Waals surface area contributed by atoms with Crippen LogP contribution in [0.15, 0.2) is 0 Å². The molecule has 51 heteroatoms. The molecule has 0 spiro atoms. The van der Waals surface area contributed by atoms with Crippen LogP contribution >= 0.6 is 0 Å². The van der Waals surface area contributed by atoms with Crippen molar-refractivity contribution in [3.05, 3.63) is 0 Å². The summed E-state index contributed by atoms with van der Waals surface area (Å²) in [4.78, 5) is 233. The van der Waals surface area contributed by atoms with E-state index < -0.39 is 235 Å². The third kappa shape index (κ3) is 40.4. The minimum absolute atomic E-state index is 0.00117. The van der Waals surface area contributed by atoms with Crippen LogP contribution in [0.2, 0.25) is 0 Å². The van der Waals surface area contributed by atoms with Crippen molar-refractivity contribution in [3.8, 4) is 0 Å². The van der Waals surface area contributed by atoms with Gasteiger partial charge in [0.05, 0.1) is 13.0 Å². The van der Waals surface area contributed by atoms with Gasteiger partial charge in [0.2, 0.25) is 94.5 Å². The molecule has 0 radical (unpaired) electrons. The number of unbranched alkanes of at least 4 members (excludes halogenated alkanes) is 1. The molecule has 0 saturated carbocycles. The van der Waals surface area contributed by atoms with E-state index in [4.69, 9.17) is 84.1 Å². The zero-order chi connectivity index (χ0) is 92.0. The first kappa shape index (κ1) is 104. The second kappa shape index (κ2) is 55.1. The van der Waals surface area contributed by atoms with Crippen molar-refractivity contribution in [1.82, 2.24) is 106 Å². The Morgan fingerprint density at radius 2 is 0.667 bits per heavy atom. The molecule has 51 nitrogen and oxygen atoms in total. The first-order valence-electron chi connectivity index (χ1n) is 41.1. The molecule has 3 fully saturated rings. The number of guanidine groups is 6. The number of hydrogen-bond donors (Lipinski definition) is 33. The Morgan fingerprint density at radius 3 is 1.05 bits per heavy atom. The van der Waals surface area contributed by atoms with E-state index in [0.29, 0.717) is 6.42 Å². The summed E-state index contributed by atoms with van der Waals surface area (Å²) in [5.41, 5.74) is 50.3. The van der Waals surface area contributed by atoms with E-state index in [0.717, 1.165) is 0 Å². The van der Waals surface area contributed by atoms with Crippen LogP contribution in [0.25, 0.3) is 0 Å². The fraction of sp³-hybridized carbons (Fsp3) is 0.694. The molecule has 0 aromatic heterocycles. The number of fused-ring (bicyclic) bond motifs is 2. The fourth-order valence-corrected chi connectivity index (χ4v) is 13.6. The molecule has 13 atom stereocenters. The van der Waals surface area contributed by atoms with Gasteiger partial charge in [-0.3, -0.25) is 109 Å². The molecule has 123 heavy (non-hydrogen) atoms. The van der Waals surface area contributed by atoms with Crippen LogP contribution in [0.4, 0.5) is 0 Å². The summed E-state index contributed by atoms with van der Waals surface area (Å²) in [5, 5.41) is 92.5. The molecule has 0 aromatic carbocycles. The molecule has 3 aliphatic rings. The molecule has 0 aromatic rings. The standard InChI is InChI=1S/C72H131N35O16/c1-37(2)34-47-62(119)100-40(15-6-26-88-67(76)77)56(113)95-38(3)54(111)97-39(14-4-5-25-73)55(112)94-36-53(110)96-45(23-24-51(74)108)61(118)99-43(18-9-29-91-70(82)83)60(117)105-48(35-52(75)109)63(120)101-41(16-7-27-89-68(78)79)58(115)103-46(20-11-31-93-72(86)87)65(122)107-33-13-22-50(107)66(123)106-32-12-21-49(106)64(121)102-44(19-10-30-92-71(84)85)57(114)98-42(59(116)104-47)17-8-28-90-69(80)81/h37-50H,4-36,73H2,1-3H3,(H2,74,108)(H2,75,109)(H,94,112)(H,95,113)(H,96,110)(H,97,111)(H,98,114)(H,99,118)(H,100,119)(H,101,120)(H,102,121)(H,103,115)(H,104,116)(H,105,117)(H4,76,77,88)(H4,78,79,89)(H4,80,81,90)(H4,82,83,91)(H4,84,85,92)(H4,86,87,93)/t38-,39-,40-,41-,42-,43-,44-,45-,46-,47-,48-,49+,50-/m0/s1. The summed E-state index contributed by atoms with van der Waals surface area (Å²) in [6.45, 7) is 3.71. The first-order chi connectivity index (χ1) is 58.1. The number of nitrogens with two attached hydrogens (primary N) is 9. The molecule has 16 amide bonds. The van der Waals surface area contributed by atoms with E-state index in [1.807, 2.05) is 0 Å². The molecule has 0 aliphatic carbocycles. The number of amides is 16. The van der Waals surface area contributed by atoms with Gasteiger partial charge in [0.1, 0.15) is 78.5 Å². The van der Waals surface area contributed by atoms with Crippen LogP contribution in [0.3, 0.4) is 0 Å². The minimum atomic E-state index is -1.96. The van der Waals surface area contributed by atoms with Gasteiger partial charge in [-0.25, -0.2) is 0 Å². The maximum Gasteiger partial charge on any atom is 0.246 e. The number of nitrogens with one attached hydrogen (secondary N) is 24. The van der Waals surface area contributed by atoms with E-state index in [9.17, 15) is 67.1 Å². The van der Waals surface area contributed by atoms with Gasteiger partial charge < -0.3 is 157 Å². The Hall–Kier alpha value is -12.9. The van der Waals surface area contributed by atoms with Crippen molar-refractivity contribution in [1.29, 1.82) is 32.5 Å². The highest BCUT2D eigenvalue weighted by atomic mass is 16.2. The zero-order valence-corrected chi connectivity index (χ0v) is 70.0. The lowest BCUT2D eigenvalue weighted by Gasteiger charge is -2.34. The Labute approximate surface area is 712 Å². The van der Waals surface area contributed by atoms with E-state index in [-0.39, 0.29) is 187 Å². The lowest BCUT2D eigenvalue weighted by molar-refractivity contribution is -0.148. The summed E-state index contributed by atoms with van der Waals surface area (Å²) in [7, 11) is 0. The largest absolute Gasteiger partial charge is 0.370 e. The van der Waals surface area contributed by atoms with Crippen LogP contribution in [0.5, 0.6) is 0 Å². The van der Waals surface area contributed by atoms with Crippen molar-refractivity contribution in [2.24, 2.45) is 57.5 Å². The topological polar surface area (TPSA) is 873 Å². The van der Waals surface area contributed by atoms with E-state index in [1.165, 1.54) is 16.7 Å². The van der Waals surface area contributed by atoms with E-state index >= 15 is 9.59 Å². The number of carbonyl (C=O) groups excluding carboxylic acids is 16. The van der Waals surface area contributed by atoms with Crippen LogP contribution in [0, 0.1) is 38.4 Å². The second-order valence-electron chi connectivity index (χ2n) is 30.5. The first-order valence-corrected chi connectivity index (χ1v) is 41.1. The Balaban J connectivity index is 2.36. The van der Waals surface area contributed by atoms with Crippen molar-refractivity contribution in [2.75, 3.05) is 65.4 Å². The monoisotopic (exact) mass is 1740 g/mol. The maximum absolute atomic E-state index is 15.2. The van der Waals surface area contributed by atoms with Crippen LogP contribution in [-0.2, 0) is 76.7 Å². The van der Waals surface area contributed by atoms with Crippen LogP contribution < -0.4 is 147 Å². The van der Waals surface area contributed by atoms with Crippen LogP contribution in [-0.4, -0.2) is 284 Å². The fourth-order valence-electron chi connectivity index (χ4n) is 13.6. The average Bonchev–Trinajstić information content (AvgIpc) is 1.66. The predicted octanol–water partition coefficient (Wildman–Crippen LogP) is -11.7. The maximum atomic E-state index is 15.2. The minimum Gasteiger partial charge on any atom is -0.370 e. The average molecular weight is 1740 g/mol. The third-order valence-electron chi connectivity index (χ3n) is 19.8. The van der Waals surface area contributed by atoms with Crippen molar-refractivity contribution < 1.29 is 76.7 Å². The molecule has 3 saturated heterocycles. The number of rotatable bonds is 35. The van der Waals surface area contributed by atoms with Crippen molar-refractivity contribution >= 4 is 130 Å². The molecule has 690 valence electrons. The Kier molecular flexibility index (Phi) is 46.7. The second-order valence-corrected chi connectivity index (χ2v) is 30.5. The quantitative estimate of drug-likeness (QED) is 0.0159. The zero-order valence-electron chi connectivity index (χ0n) is 70.0. The van der Waals surface area contributed by atoms with Crippen molar-refractivity contribution in [3.63, 3.8) is 0 Å². The molecule has 42 N–H and O–H groups in total. The molecule has 0 bridgehead atoms. The normalized spacial score (nSPS) is 23.9. The SMILES string of the molecule is CC(C)C[C@@H]1NC(=O)[C@H](CCCNC(=N)N)NC(=O)[C@H](CCCNC(=N)N)NC(=O)[C@H]2CCCN2C(=O)[C@@H]2CCCN2C(=O)[C@H](CCCNC(=N)N)NC(=O)[C@H](CCCNC(=N)N)NC(=O)[C@H](CC(N)=O)NC(=O)[C@H](CCCNC(=N)N)NC(=O)[C@H](CCC(N)=O)NC(=O)CNC(=O)[C@H](CCCCN)NC(=O)[C@H](C)NC(=O)[C@H](CCCNC(=N)N)NC1=O. The van der Waals surface area contributed by atoms with Gasteiger partial charge >= 0.3 is 0 Å². The summed E-state index contributed by atoms with van der Waals surface area (Å²) in [6.07, 6.45) is -2.38. The number of nitrogens with zero attached hydrogens (tertiary/aromatic N) is 2. The summed E-state index contributed by atoms with van der Waals surface area (Å²) in [5.74, 6) is -18.8. The molecule has 0 unspecified atom stereocenters. The highest BCUT2D eigenvalue weighted by molar-refractivity contribution is 6.02. The van der Waals surface area contributed by atoms with Gasteiger partial charge in [-0.2, -0.15) is 0 Å². The summed E-state index contributed by atoms with van der Waals surface area (Å²) < 4.78 is 0. The lowest BCUT2D eigenvalue weighted by Crippen LogP contribution is -2.61. The Bertz CT molecular complexity index is 3700. The highest BCUT2D eigenvalue weighted by Gasteiger charge is 2.45. The molecule has 3 rings (SSSR count). The third-order valence-corrected chi connectivity index (χ3v) is 19.8. The highest BCUT2D eigenvalue weighted by Crippen LogP contribution is 2.27. The smallest absolute Gasteiger partial charge is 0.246 e. The lowest BCUT2D eigenvalue weighted by atomic mass is 10.0. The van der Waals surface area contributed by atoms with Gasteiger partial charge in [0.15, 0.2) is 35.8 Å². The molecular formula is C72H131N35O16. The van der Waals surface area contributed by atoms with Gasteiger partial charge in [-0.15, -0.1) is 0 Å². The number of carbonyl (C=O) groups is 16. The molecule has 3 aliphatic heterocycles. The molecular weight excluding hydrogens is 1610 g/mol. The predicted molar refractivity (Wildman–Crippen MR) is 449 cm³/mol. The Morgan fingerprint density at radius 1 is 0.358 bits per heavy atom. The van der Waals surface area contributed by atoms with E-state index in [1.54, 1.807) is 13.8 Å². The van der Waals surface area contributed by atoms with Crippen molar-refractivity contribution in [2.45, 2.75) is 247 Å². The van der Waals surface area contributed by atoms with E-state index in [2.05, 4.69) is 95.7 Å². The van der Waals surface area contributed by atoms with Gasteiger partial charge in [-0.1, -0.05) is 13.8 Å². The molecule has 3 heterocycles. The van der Waals surface area contributed by atoms with Gasteiger partial charge in [0, 0.05) is 58.8 Å². The van der Waals surface area contributed by atoms with Gasteiger partial charge in [0.25, 0.3) is 0 Å². The number of primary amides is 2. The number of hydrogen-bond acceptors (Lipinski definition) is 23. The summed E-state index contributed by atoms with van der Waals surface area (Å²) >= 11 is 0. The van der Waals surface area contributed by atoms with Gasteiger partial charge in [-0.05, 0) is 154 Å².